The van der Waals surface area contributed by atoms with Crippen LogP contribution >= 0.6 is 11.3 Å². The van der Waals surface area contributed by atoms with Crippen molar-refractivity contribution < 1.29 is 4.79 Å². The molecule has 1 unspecified atom stereocenters. The molecule has 1 aliphatic carbocycles. The predicted molar refractivity (Wildman–Crippen MR) is 95.3 cm³/mol. The molecule has 1 amide bonds. The average molecular weight is 336 g/mol. The summed E-state index contributed by atoms with van der Waals surface area (Å²) in [6.07, 6.45) is 3.57. The van der Waals surface area contributed by atoms with Gasteiger partial charge in [0.05, 0.1) is 0 Å². The molecule has 1 atom stereocenters. The van der Waals surface area contributed by atoms with Gasteiger partial charge in [-0.25, -0.2) is 0 Å². The molecule has 1 saturated carbocycles. The van der Waals surface area contributed by atoms with Crippen LogP contribution in [-0.4, -0.2) is 46.9 Å². The molecular weight excluding hydrogens is 306 g/mol. The molecule has 0 radical (unpaired) electrons. The Labute approximate surface area is 143 Å². The van der Waals surface area contributed by atoms with Gasteiger partial charge in [-0.2, -0.15) is 11.3 Å². The first-order valence-electron chi connectivity index (χ1n) is 8.59. The normalized spacial score (nSPS) is 23.9. The highest BCUT2D eigenvalue weighted by Crippen LogP contribution is 2.57. The fourth-order valence-corrected chi connectivity index (χ4v) is 4.72. The quantitative estimate of drug-likeness (QED) is 0.900. The van der Waals surface area contributed by atoms with Gasteiger partial charge in [0.15, 0.2) is 0 Å². The molecule has 1 aliphatic heterocycles. The maximum atomic E-state index is 12.1. The van der Waals surface area contributed by atoms with Gasteiger partial charge in [0.25, 0.3) is 0 Å². The summed E-state index contributed by atoms with van der Waals surface area (Å²) < 4.78 is 0. The number of piperidine rings is 1. The van der Waals surface area contributed by atoms with Crippen LogP contribution in [0.2, 0.25) is 0 Å². The first-order valence-corrected chi connectivity index (χ1v) is 9.53. The van der Waals surface area contributed by atoms with Crippen molar-refractivity contribution in [2.75, 3.05) is 19.6 Å². The third kappa shape index (κ3) is 3.95. The van der Waals surface area contributed by atoms with Gasteiger partial charge in [-0.3, -0.25) is 4.79 Å². The molecule has 23 heavy (non-hydrogen) atoms. The van der Waals surface area contributed by atoms with Crippen LogP contribution in [0.5, 0.6) is 0 Å². The molecule has 4 nitrogen and oxygen atoms in total. The van der Waals surface area contributed by atoms with Crippen LogP contribution in [0.25, 0.3) is 0 Å². The van der Waals surface area contributed by atoms with Gasteiger partial charge in [-0.05, 0) is 74.0 Å². The molecule has 1 aromatic heterocycles. The zero-order valence-electron chi connectivity index (χ0n) is 14.5. The summed E-state index contributed by atoms with van der Waals surface area (Å²) in [5, 5.41) is 4.24. The van der Waals surface area contributed by atoms with E-state index in [4.69, 9.17) is 5.73 Å². The Balaban J connectivity index is 1.58. The zero-order chi connectivity index (χ0) is 16.7. The van der Waals surface area contributed by atoms with Gasteiger partial charge >= 0.3 is 0 Å². The molecule has 5 heteroatoms. The average Bonchev–Trinajstić information content (AvgIpc) is 2.89. The van der Waals surface area contributed by atoms with E-state index in [2.05, 4.69) is 40.5 Å². The van der Waals surface area contributed by atoms with Gasteiger partial charge in [0, 0.05) is 31.6 Å². The lowest BCUT2D eigenvalue weighted by Gasteiger charge is -2.37. The van der Waals surface area contributed by atoms with E-state index in [0.29, 0.717) is 11.5 Å². The Hall–Kier alpha value is -0.910. The highest BCUT2D eigenvalue weighted by Gasteiger charge is 2.58. The summed E-state index contributed by atoms with van der Waals surface area (Å²) in [5.74, 6) is 0.212. The molecule has 1 aromatic rings. The highest BCUT2D eigenvalue weighted by atomic mass is 32.1. The minimum absolute atomic E-state index is 0.127. The summed E-state index contributed by atoms with van der Waals surface area (Å²) in [6.45, 7) is 9.85. The molecule has 0 aromatic carbocycles. The molecule has 1 spiro atoms. The predicted octanol–water partition coefficient (Wildman–Crippen LogP) is 2.69. The minimum atomic E-state index is -0.127. The van der Waals surface area contributed by atoms with Crippen molar-refractivity contribution in [3.8, 4) is 0 Å². The third-order valence-corrected chi connectivity index (χ3v) is 6.08. The van der Waals surface area contributed by atoms with Crippen molar-refractivity contribution in [3.05, 3.63) is 22.4 Å². The Morgan fingerprint density at radius 1 is 1.48 bits per heavy atom. The number of carbonyl (C=O) groups excluding carboxylic acids is 1. The minimum Gasteiger partial charge on any atom is -0.335 e. The van der Waals surface area contributed by atoms with Crippen LogP contribution < -0.4 is 5.73 Å². The van der Waals surface area contributed by atoms with Gasteiger partial charge < -0.3 is 15.5 Å². The number of thiophene rings is 1. The lowest BCUT2D eigenvalue weighted by atomic mass is 9.91. The van der Waals surface area contributed by atoms with E-state index < -0.39 is 0 Å². The maximum Gasteiger partial charge on any atom is 0.220 e. The zero-order valence-corrected chi connectivity index (χ0v) is 15.4. The summed E-state index contributed by atoms with van der Waals surface area (Å²) in [6, 6.07) is 2.56. The van der Waals surface area contributed by atoms with Gasteiger partial charge in [0.1, 0.15) is 0 Å². The number of rotatable bonds is 5. The van der Waals surface area contributed by atoms with Crippen molar-refractivity contribution in [3.63, 3.8) is 0 Å². The highest BCUT2D eigenvalue weighted by molar-refractivity contribution is 7.07. The van der Waals surface area contributed by atoms with E-state index in [-0.39, 0.29) is 11.4 Å². The molecule has 2 fully saturated rings. The maximum absolute atomic E-state index is 12.1. The number of carbonyl (C=O) groups is 1. The van der Waals surface area contributed by atoms with E-state index in [1.54, 1.807) is 18.3 Å². The van der Waals surface area contributed by atoms with E-state index in [1.165, 1.54) is 24.8 Å². The summed E-state index contributed by atoms with van der Waals surface area (Å²) >= 11 is 1.70. The Morgan fingerprint density at radius 2 is 2.17 bits per heavy atom. The van der Waals surface area contributed by atoms with Crippen LogP contribution in [0.15, 0.2) is 16.8 Å². The van der Waals surface area contributed by atoms with Crippen LogP contribution in [0.4, 0.5) is 0 Å². The SMILES string of the molecule is CC(=O)N(Cc1ccsc1)C1CC12CCN(CC(C)(C)N)CC2. The number of likely N-dealkylation sites (tertiary alicyclic amines) is 1. The second kappa shape index (κ2) is 6.19. The van der Waals surface area contributed by atoms with Crippen LogP contribution in [0.3, 0.4) is 0 Å². The molecule has 1 saturated heterocycles. The second-order valence-electron chi connectivity index (χ2n) is 8.13. The van der Waals surface area contributed by atoms with Crippen molar-refractivity contribution in [2.24, 2.45) is 11.1 Å². The summed E-state index contributed by atoms with van der Waals surface area (Å²) in [7, 11) is 0. The molecule has 2 heterocycles. The largest absolute Gasteiger partial charge is 0.335 e. The Morgan fingerprint density at radius 3 is 2.70 bits per heavy atom. The Kier molecular flexibility index (Phi) is 4.55. The van der Waals surface area contributed by atoms with Crippen LogP contribution in [0, 0.1) is 5.41 Å². The van der Waals surface area contributed by atoms with E-state index in [0.717, 1.165) is 26.2 Å². The Bertz CT molecular complexity index is 541. The van der Waals surface area contributed by atoms with E-state index in [9.17, 15) is 4.79 Å². The number of hydrogen-bond donors (Lipinski definition) is 1. The second-order valence-corrected chi connectivity index (χ2v) is 8.91. The standard InChI is InChI=1S/C18H29N3OS/c1-14(22)21(11-15-4-9-23-12-15)16-10-18(16)5-7-20(8-6-18)13-17(2,3)19/h4,9,12,16H,5-8,10-11,13,19H2,1-3H3. The lowest BCUT2D eigenvalue weighted by Crippen LogP contribution is -2.49. The topological polar surface area (TPSA) is 49.6 Å². The van der Waals surface area contributed by atoms with E-state index >= 15 is 0 Å². The fourth-order valence-electron chi connectivity index (χ4n) is 4.06. The van der Waals surface area contributed by atoms with Crippen molar-refractivity contribution >= 4 is 17.2 Å². The summed E-state index contributed by atoms with van der Waals surface area (Å²) in [4.78, 5) is 16.7. The van der Waals surface area contributed by atoms with Gasteiger partial charge in [-0.1, -0.05) is 0 Å². The van der Waals surface area contributed by atoms with Crippen LogP contribution in [0.1, 0.15) is 45.6 Å². The first-order chi connectivity index (χ1) is 10.8. The molecular formula is C18H29N3OS. The lowest BCUT2D eigenvalue weighted by molar-refractivity contribution is -0.130. The third-order valence-electron chi connectivity index (χ3n) is 5.34. The van der Waals surface area contributed by atoms with Gasteiger partial charge in [-0.15, -0.1) is 0 Å². The monoisotopic (exact) mass is 335 g/mol. The molecule has 3 rings (SSSR count). The fraction of sp³-hybridized carbons (Fsp3) is 0.722. The van der Waals surface area contributed by atoms with Crippen molar-refractivity contribution in [1.82, 2.24) is 9.80 Å². The van der Waals surface area contributed by atoms with Crippen LogP contribution in [-0.2, 0) is 11.3 Å². The first kappa shape index (κ1) is 16.9. The summed E-state index contributed by atoms with van der Waals surface area (Å²) in [5.41, 5.74) is 7.65. The number of nitrogens with two attached hydrogens (primary N) is 1. The van der Waals surface area contributed by atoms with E-state index in [1.807, 2.05) is 0 Å². The molecule has 0 bridgehead atoms. The number of nitrogens with zero attached hydrogens (tertiary/aromatic N) is 2. The van der Waals surface area contributed by atoms with Crippen molar-refractivity contribution in [2.45, 2.75) is 58.2 Å². The number of amides is 1. The number of hydrogen-bond acceptors (Lipinski definition) is 4. The molecule has 2 N–H and O–H groups in total. The molecule has 128 valence electrons. The smallest absolute Gasteiger partial charge is 0.220 e. The molecule has 2 aliphatic rings. The van der Waals surface area contributed by atoms with Crippen molar-refractivity contribution in [1.29, 1.82) is 0 Å². The van der Waals surface area contributed by atoms with Gasteiger partial charge in [0.2, 0.25) is 5.91 Å².